The van der Waals surface area contributed by atoms with Gasteiger partial charge in [0.1, 0.15) is 5.69 Å². The van der Waals surface area contributed by atoms with E-state index < -0.39 is 0 Å². The SMILES string of the molecule is CC(Cl)CNC(=O)c1nccc2ccccc12. The molecule has 1 amide bonds. The third-order valence-electron chi connectivity index (χ3n) is 2.43. The molecular formula is C13H13ClN2O. The Kier molecular flexibility index (Phi) is 3.59. The van der Waals surface area contributed by atoms with Gasteiger partial charge in [0.25, 0.3) is 5.91 Å². The van der Waals surface area contributed by atoms with Crippen LogP contribution in [0.25, 0.3) is 10.8 Å². The molecule has 0 radical (unpaired) electrons. The van der Waals surface area contributed by atoms with Gasteiger partial charge in [-0.1, -0.05) is 24.3 Å². The Morgan fingerprint density at radius 1 is 1.41 bits per heavy atom. The molecule has 1 aromatic heterocycles. The summed E-state index contributed by atoms with van der Waals surface area (Å²) in [7, 11) is 0. The highest BCUT2D eigenvalue weighted by molar-refractivity contribution is 6.20. The quantitative estimate of drug-likeness (QED) is 0.849. The van der Waals surface area contributed by atoms with Gasteiger partial charge in [-0.25, -0.2) is 0 Å². The van der Waals surface area contributed by atoms with E-state index >= 15 is 0 Å². The first kappa shape index (κ1) is 11.9. The fraction of sp³-hybridized carbons (Fsp3) is 0.231. The van der Waals surface area contributed by atoms with Crippen molar-refractivity contribution in [3.8, 4) is 0 Å². The lowest BCUT2D eigenvalue weighted by molar-refractivity contribution is 0.0951. The van der Waals surface area contributed by atoms with E-state index in [1.807, 2.05) is 37.3 Å². The van der Waals surface area contributed by atoms with Crippen LogP contribution in [0, 0.1) is 0 Å². The second-order valence-electron chi connectivity index (χ2n) is 3.87. The molecule has 0 aliphatic carbocycles. The highest BCUT2D eigenvalue weighted by Crippen LogP contribution is 2.15. The van der Waals surface area contributed by atoms with E-state index in [0.29, 0.717) is 12.2 Å². The Balaban J connectivity index is 2.32. The third kappa shape index (κ3) is 2.74. The Morgan fingerprint density at radius 3 is 2.94 bits per heavy atom. The lowest BCUT2D eigenvalue weighted by atomic mass is 10.1. The molecule has 2 rings (SSSR count). The zero-order chi connectivity index (χ0) is 12.3. The maximum Gasteiger partial charge on any atom is 0.270 e. The molecular weight excluding hydrogens is 236 g/mol. The van der Waals surface area contributed by atoms with Crippen molar-refractivity contribution in [2.24, 2.45) is 0 Å². The molecule has 0 saturated heterocycles. The molecule has 4 heteroatoms. The van der Waals surface area contributed by atoms with Gasteiger partial charge in [0.2, 0.25) is 0 Å². The highest BCUT2D eigenvalue weighted by atomic mass is 35.5. The van der Waals surface area contributed by atoms with E-state index in [0.717, 1.165) is 10.8 Å². The molecule has 0 aliphatic rings. The van der Waals surface area contributed by atoms with Gasteiger partial charge in [-0.15, -0.1) is 11.6 Å². The first-order valence-corrected chi connectivity index (χ1v) is 5.88. The van der Waals surface area contributed by atoms with Crippen molar-refractivity contribution >= 4 is 28.3 Å². The molecule has 1 N–H and O–H groups in total. The minimum absolute atomic E-state index is 0.0890. The van der Waals surface area contributed by atoms with E-state index in [2.05, 4.69) is 10.3 Å². The molecule has 2 aromatic rings. The van der Waals surface area contributed by atoms with Crippen LogP contribution in [-0.4, -0.2) is 22.8 Å². The summed E-state index contributed by atoms with van der Waals surface area (Å²) in [5, 5.41) is 4.53. The highest BCUT2D eigenvalue weighted by Gasteiger charge is 2.11. The van der Waals surface area contributed by atoms with Gasteiger partial charge >= 0.3 is 0 Å². The second kappa shape index (κ2) is 5.15. The lowest BCUT2D eigenvalue weighted by Gasteiger charge is -2.07. The molecule has 0 fully saturated rings. The molecule has 0 spiro atoms. The van der Waals surface area contributed by atoms with E-state index in [4.69, 9.17) is 11.6 Å². The van der Waals surface area contributed by atoms with Crippen LogP contribution in [0.2, 0.25) is 0 Å². The number of amides is 1. The summed E-state index contributed by atoms with van der Waals surface area (Å²) in [5.41, 5.74) is 0.445. The minimum Gasteiger partial charge on any atom is -0.349 e. The standard InChI is InChI=1S/C13H13ClN2O/c1-9(14)8-16-13(17)12-11-5-3-2-4-10(11)6-7-15-12/h2-7,9H,8H2,1H3,(H,16,17). The number of halogens is 1. The van der Waals surface area contributed by atoms with Crippen LogP contribution in [0.3, 0.4) is 0 Å². The maximum absolute atomic E-state index is 11.9. The number of carbonyl (C=O) groups is 1. The third-order valence-corrected chi connectivity index (χ3v) is 2.59. The van der Waals surface area contributed by atoms with Crippen LogP contribution in [0.1, 0.15) is 17.4 Å². The fourth-order valence-electron chi connectivity index (χ4n) is 1.62. The number of fused-ring (bicyclic) bond motifs is 1. The normalized spacial score (nSPS) is 12.4. The molecule has 1 unspecified atom stereocenters. The van der Waals surface area contributed by atoms with Crippen LogP contribution in [0.4, 0.5) is 0 Å². The topological polar surface area (TPSA) is 42.0 Å². The number of pyridine rings is 1. The summed E-state index contributed by atoms with van der Waals surface area (Å²) >= 11 is 5.79. The van der Waals surface area contributed by atoms with Gasteiger partial charge in [-0.2, -0.15) is 0 Å². The van der Waals surface area contributed by atoms with Gasteiger partial charge < -0.3 is 5.32 Å². The zero-order valence-corrected chi connectivity index (χ0v) is 10.2. The Bertz CT molecular complexity index is 534. The van der Waals surface area contributed by atoms with Crippen molar-refractivity contribution in [2.45, 2.75) is 12.3 Å². The first-order chi connectivity index (χ1) is 8.18. The van der Waals surface area contributed by atoms with Crippen molar-refractivity contribution in [3.05, 3.63) is 42.2 Å². The number of alkyl halides is 1. The molecule has 0 bridgehead atoms. The summed E-state index contributed by atoms with van der Waals surface area (Å²) in [6.07, 6.45) is 1.64. The largest absolute Gasteiger partial charge is 0.349 e. The van der Waals surface area contributed by atoms with Crippen molar-refractivity contribution in [2.75, 3.05) is 6.54 Å². The Labute approximate surface area is 105 Å². The van der Waals surface area contributed by atoms with Gasteiger partial charge in [0.15, 0.2) is 0 Å². The monoisotopic (exact) mass is 248 g/mol. The summed E-state index contributed by atoms with van der Waals surface area (Å²) in [6, 6.07) is 9.56. The van der Waals surface area contributed by atoms with Crippen LogP contribution in [0.15, 0.2) is 36.5 Å². The van der Waals surface area contributed by atoms with Crippen LogP contribution >= 0.6 is 11.6 Å². The van der Waals surface area contributed by atoms with Crippen LogP contribution < -0.4 is 5.32 Å². The number of aromatic nitrogens is 1. The van der Waals surface area contributed by atoms with Crippen molar-refractivity contribution in [3.63, 3.8) is 0 Å². The molecule has 17 heavy (non-hydrogen) atoms. The molecule has 88 valence electrons. The number of hydrogen-bond acceptors (Lipinski definition) is 2. The molecule has 1 aromatic carbocycles. The lowest BCUT2D eigenvalue weighted by Crippen LogP contribution is -2.29. The van der Waals surface area contributed by atoms with E-state index in [1.165, 1.54) is 0 Å². The number of nitrogens with zero attached hydrogens (tertiary/aromatic N) is 1. The van der Waals surface area contributed by atoms with Gasteiger partial charge in [-0.3, -0.25) is 9.78 Å². The molecule has 1 heterocycles. The molecule has 1 atom stereocenters. The van der Waals surface area contributed by atoms with E-state index in [-0.39, 0.29) is 11.3 Å². The van der Waals surface area contributed by atoms with Gasteiger partial charge in [0.05, 0.1) is 0 Å². The number of benzene rings is 1. The fourth-order valence-corrected chi connectivity index (χ4v) is 1.69. The van der Waals surface area contributed by atoms with Crippen LogP contribution in [0.5, 0.6) is 0 Å². The van der Waals surface area contributed by atoms with Crippen LogP contribution in [-0.2, 0) is 0 Å². The summed E-state index contributed by atoms with van der Waals surface area (Å²) in [5.74, 6) is -0.186. The number of nitrogens with one attached hydrogen (secondary N) is 1. The first-order valence-electron chi connectivity index (χ1n) is 5.44. The predicted octanol–water partition coefficient (Wildman–Crippen LogP) is 2.59. The molecule has 3 nitrogen and oxygen atoms in total. The second-order valence-corrected chi connectivity index (χ2v) is 4.62. The summed E-state index contributed by atoms with van der Waals surface area (Å²) < 4.78 is 0. The summed E-state index contributed by atoms with van der Waals surface area (Å²) in [4.78, 5) is 16.1. The van der Waals surface area contributed by atoms with E-state index in [9.17, 15) is 4.79 Å². The van der Waals surface area contributed by atoms with Crippen molar-refractivity contribution in [1.29, 1.82) is 0 Å². The smallest absolute Gasteiger partial charge is 0.270 e. The number of hydrogen-bond donors (Lipinski definition) is 1. The van der Waals surface area contributed by atoms with Gasteiger partial charge in [0, 0.05) is 23.5 Å². The maximum atomic E-state index is 11.9. The Hall–Kier alpha value is -1.61. The Morgan fingerprint density at radius 2 is 2.18 bits per heavy atom. The van der Waals surface area contributed by atoms with Crippen molar-refractivity contribution < 1.29 is 4.79 Å². The zero-order valence-electron chi connectivity index (χ0n) is 9.48. The number of rotatable bonds is 3. The molecule has 0 saturated carbocycles. The average Bonchev–Trinajstić information content (AvgIpc) is 2.35. The summed E-state index contributed by atoms with van der Waals surface area (Å²) in [6.45, 7) is 2.27. The average molecular weight is 249 g/mol. The predicted molar refractivity (Wildman–Crippen MR) is 69.4 cm³/mol. The van der Waals surface area contributed by atoms with E-state index in [1.54, 1.807) is 6.20 Å². The van der Waals surface area contributed by atoms with Crippen molar-refractivity contribution in [1.82, 2.24) is 10.3 Å². The minimum atomic E-state index is -0.186. The molecule has 0 aliphatic heterocycles. The van der Waals surface area contributed by atoms with Gasteiger partial charge in [-0.05, 0) is 18.4 Å². The number of carbonyl (C=O) groups excluding carboxylic acids is 1.